The predicted molar refractivity (Wildman–Crippen MR) is 75.2 cm³/mol. The van der Waals surface area contributed by atoms with Gasteiger partial charge in [-0.05, 0) is 31.0 Å². The Morgan fingerprint density at radius 2 is 2.06 bits per heavy atom. The lowest BCUT2D eigenvalue weighted by molar-refractivity contribution is 0.0688. The Labute approximate surface area is 119 Å². The van der Waals surface area contributed by atoms with Crippen molar-refractivity contribution in [2.45, 2.75) is 36.2 Å². The highest BCUT2D eigenvalue weighted by Crippen LogP contribution is 2.36. The Morgan fingerprint density at radius 1 is 1.39 bits per heavy atom. The number of hydrogen-bond acceptors (Lipinski definition) is 3. The first-order chi connectivity index (χ1) is 8.50. The largest absolute Gasteiger partial charge is 0.478 e. The molecular weight excluding hydrogens is 316 g/mol. The van der Waals surface area contributed by atoms with Crippen LogP contribution in [-0.2, 0) is 0 Å². The summed E-state index contributed by atoms with van der Waals surface area (Å²) in [5, 5.41) is 19.4. The molecule has 0 saturated heterocycles. The molecule has 5 heteroatoms. The number of carbonyl (C=O) groups is 1. The van der Waals surface area contributed by atoms with Gasteiger partial charge in [-0.3, -0.25) is 0 Å². The molecule has 0 aromatic heterocycles. The average Bonchev–Trinajstić information content (AvgIpc) is 2.74. The van der Waals surface area contributed by atoms with Crippen LogP contribution in [0.3, 0.4) is 0 Å². The first kappa shape index (κ1) is 13.9. The van der Waals surface area contributed by atoms with Crippen LogP contribution < -0.4 is 0 Å². The molecular formula is C13H15BrO3S. The Balaban J connectivity index is 2.12. The van der Waals surface area contributed by atoms with E-state index in [4.69, 9.17) is 5.11 Å². The van der Waals surface area contributed by atoms with Gasteiger partial charge in [0.15, 0.2) is 0 Å². The van der Waals surface area contributed by atoms with Crippen molar-refractivity contribution in [1.82, 2.24) is 0 Å². The number of aromatic carboxylic acids is 1. The molecule has 0 unspecified atom stereocenters. The van der Waals surface area contributed by atoms with Crippen LogP contribution in [0.1, 0.15) is 36.0 Å². The topological polar surface area (TPSA) is 57.5 Å². The van der Waals surface area contributed by atoms with Gasteiger partial charge in [0.05, 0.1) is 11.2 Å². The maximum Gasteiger partial charge on any atom is 0.336 e. The Kier molecular flexibility index (Phi) is 4.35. The molecule has 0 bridgehead atoms. The summed E-state index contributed by atoms with van der Waals surface area (Å²) < 4.78 is 0.855. The molecule has 0 aliphatic heterocycles. The number of carboxylic acid groups (broad SMARTS) is 1. The molecule has 0 spiro atoms. The number of halogens is 1. The third-order valence-electron chi connectivity index (χ3n) is 3.20. The number of hydrogen-bond donors (Lipinski definition) is 2. The van der Waals surface area contributed by atoms with Crippen LogP contribution in [0.15, 0.2) is 27.6 Å². The van der Waals surface area contributed by atoms with E-state index in [-0.39, 0.29) is 0 Å². The second-order valence-electron chi connectivity index (χ2n) is 4.67. The molecule has 1 aromatic rings. The minimum Gasteiger partial charge on any atom is -0.478 e. The number of benzene rings is 1. The summed E-state index contributed by atoms with van der Waals surface area (Å²) in [4.78, 5) is 11.8. The molecule has 2 rings (SSSR count). The first-order valence-corrected chi connectivity index (χ1v) is 7.66. The maximum absolute atomic E-state index is 11.1. The van der Waals surface area contributed by atoms with Gasteiger partial charge in [-0.1, -0.05) is 28.8 Å². The van der Waals surface area contributed by atoms with Crippen molar-refractivity contribution >= 4 is 33.7 Å². The van der Waals surface area contributed by atoms with E-state index in [0.29, 0.717) is 16.2 Å². The summed E-state index contributed by atoms with van der Waals surface area (Å²) in [6, 6.07) is 5.11. The van der Waals surface area contributed by atoms with E-state index in [1.54, 1.807) is 18.2 Å². The van der Waals surface area contributed by atoms with E-state index in [1.165, 1.54) is 11.8 Å². The zero-order valence-electron chi connectivity index (χ0n) is 9.86. The monoisotopic (exact) mass is 330 g/mol. The third kappa shape index (κ3) is 3.28. The van der Waals surface area contributed by atoms with Crippen LogP contribution in [0.5, 0.6) is 0 Å². The van der Waals surface area contributed by atoms with Crippen LogP contribution in [0.25, 0.3) is 0 Å². The molecule has 0 amide bonds. The van der Waals surface area contributed by atoms with Crippen molar-refractivity contribution in [2.75, 3.05) is 5.75 Å². The number of thioether (sulfide) groups is 1. The second-order valence-corrected chi connectivity index (χ2v) is 6.60. The van der Waals surface area contributed by atoms with Crippen molar-refractivity contribution in [3.63, 3.8) is 0 Å². The summed E-state index contributed by atoms with van der Waals surface area (Å²) in [7, 11) is 0. The fourth-order valence-corrected chi connectivity index (χ4v) is 3.93. The SMILES string of the molecule is O=C(O)c1ccc(Br)cc1SCC1(O)CCCC1. The van der Waals surface area contributed by atoms with Crippen molar-refractivity contribution < 1.29 is 15.0 Å². The second kappa shape index (κ2) is 5.63. The summed E-state index contributed by atoms with van der Waals surface area (Å²) >= 11 is 4.77. The van der Waals surface area contributed by atoms with Gasteiger partial charge in [-0.25, -0.2) is 4.79 Å². The fourth-order valence-electron chi connectivity index (χ4n) is 2.18. The predicted octanol–water partition coefficient (Wildman–Crippen LogP) is 3.54. The molecule has 1 fully saturated rings. The van der Waals surface area contributed by atoms with Crippen molar-refractivity contribution in [3.8, 4) is 0 Å². The number of carboxylic acids is 1. The molecule has 18 heavy (non-hydrogen) atoms. The average molecular weight is 331 g/mol. The van der Waals surface area contributed by atoms with Crippen LogP contribution in [0.2, 0.25) is 0 Å². The molecule has 2 N–H and O–H groups in total. The molecule has 0 radical (unpaired) electrons. The molecule has 1 aliphatic carbocycles. The molecule has 0 atom stereocenters. The standard InChI is InChI=1S/C13H15BrO3S/c14-9-3-4-10(12(15)16)11(7-9)18-8-13(17)5-1-2-6-13/h3-4,7,17H,1-2,5-6,8H2,(H,15,16). The summed E-state index contributed by atoms with van der Waals surface area (Å²) in [6.07, 6.45) is 3.75. The summed E-state index contributed by atoms with van der Waals surface area (Å²) in [5.74, 6) is -0.368. The van der Waals surface area contributed by atoms with Crippen molar-refractivity contribution in [3.05, 3.63) is 28.2 Å². The van der Waals surface area contributed by atoms with Gasteiger partial charge in [-0.15, -0.1) is 11.8 Å². The van der Waals surface area contributed by atoms with Crippen molar-refractivity contribution in [2.24, 2.45) is 0 Å². The molecule has 1 aliphatic rings. The zero-order chi connectivity index (χ0) is 13.2. The zero-order valence-corrected chi connectivity index (χ0v) is 12.3. The minimum atomic E-state index is -0.927. The molecule has 3 nitrogen and oxygen atoms in total. The lowest BCUT2D eigenvalue weighted by Gasteiger charge is -2.21. The number of aliphatic hydroxyl groups is 1. The Morgan fingerprint density at radius 3 is 2.67 bits per heavy atom. The quantitative estimate of drug-likeness (QED) is 0.829. The van der Waals surface area contributed by atoms with E-state index in [1.807, 2.05) is 0 Å². The number of rotatable bonds is 4. The lowest BCUT2D eigenvalue weighted by Crippen LogP contribution is -2.27. The van der Waals surface area contributed by atoms with Crippen LogP contribution in [0, 0.1) is 0 Å². The van der Waals surface area contributed by atoms with E-state index < -0.39 is 11.6 Å². The van der Waals surface area contributed by atoms with E-state index in [2.05, 4.69) is 15.9 Å². The van der Waals surface area contributed by atoms with Crippen LogP contribution in [-0.4, -0.2) is 27.5 Å². The van der Waals surface area contributed by atoms with E-state index in [9.17, 15) is 9.90 Å². The highest BCUT2D eigenvalue weighted by atomic mass is 79.9. The Hall–Kier alpha value is -0.520. The maximum atomic E-state index is 11.1. The van der Waals surface area contributed by atoms with Crippen LogP contribution in [0.4, 0.5) is 0 Å². The molecule has 1 aromatic carbocycles. The molecule has 98 valence electrons. The molecule has 1 saturated carbocycles. The lowest BCUT2D eigenvalue weighted by atomic mass is 10.1. The van der Waals surface area contributed by atoms with Gasteiger partial charge < -0.3 is 10.2 Å². The van der Waals surface area contributed by atoms with Gasteiger partial charge in [0, 0.05) is 15.1 Å². The normalized spacial score (nSPS) is 17.9. The third-order valence-corrected chi connectivity index (χ3v) is 5.03. The van der Waals surface area contributed by atoms with E-state index in [0.717, 1.165) is 30.2 Å². The first-order valence-electron chi connectivity index (χ1n) is 5.88. The fraction of sp³-hybridized carbons (Fsp3) is 0.462. The van der Waals surface area contributed by atoms with Gasteiger partial charge in [0.25, 0.3) is 0 Å². The van der Waals surface area contributed by atoms with Gasteiger partial charge in [-0.2, -0.15) is 0 Å². The van der Waals surface area contributed by atoms with Gasteiger partial charge in [0.1, 0.15) is 0 Å². The van der Waals surface area contributed by atoms with E-state index >= 15 is 0 Å². The highest BCUT2D eigenvalue weighted by molar-refractivity contribution is 9.10. The smallest absolute Gasteiger partial charge is 0.336 e. The summed E-state index contributed by atoms with van der Waals surface area (Å²) in [5.41, 5.74) is -0.326. The van der Waals surface area contributed by atoms with Gasteiger partial charge >= 0.3 is 5.97 Å². The summed E-state index contributed by atoms with van der Waals surface area (Å²) in [6.45, 7) is 0. The molecule has 0 heterocycles. The van der Waals surface area contributed by atoms with Crippen LogP contribution >= 0.6 is 27.7 Å². The minimum absolute atomic E-state index is 0.296. The van der Waals surface area contributed by atoms with Crippen molar-refractivity contribution in [1.29, 1.82) is 0 Å². The van der Waals surface area contributed by atoms with Gasteiger partial charge in [0.2, 0.25) is 0 Å². The highest BCUT2D eigenvalue weighted by Gasteiger charge is 2.31. The Bertz CT molecular complexity index is 456.